The van der Waals surface area contributed by atoms with Gasteiger partial charge in [0.05, 0.1) is 0 Å². The van der Waals surface area contributed by atoms with Crippen LogP contribution in [-0.2, 0) is 0 Å². The lowest BCUT2D eigenvalue weighted by Gasteiger charge is -2.14. The van der Waals surface area contributed by atoms with Crippen molar-refractivity contribution in [3.63, 3.8) is 0 Å². The topological polar surface area (TPSA) is 26.0 Å². The Hall–Kier alpha value is -0.610. The van der Waals surface area contributed by atoms with E-state index in [4.69, 9.17) is 5.73 Å². The maximum atomic E-state index is 12.9. The number of hydrogen-bond acceptors (Lipinski definition) is 2. The molecule has 0 bridgehead atoms. The normalized spacial score (nSPS) is 25.8. The van der Waals surface area contributed by atoms with Gasteiger partial charge in [-0.05, 0) is 31.0 Å². The van der Waals surface area contributed by atoms with Gasteiger partial charge >= 0.3 is 0 Å². The molecule has 0 saturated heterocycles. The summed E-state index contributed by atoms with van der Waals surface area (Å²) in [5, 5.41) is 0.342. The fraction of sp³-hybridized carbons (Fsp3) is 0.455. The molecule has 4 heteroatoms. The maximum Gasteiger partial charge on any atom is 0.159 e. The molecular formula is C11H13F2NS. The summed E-state index contributed by atoms with van der Waals surface area (Å²) < 4.78 is 25.6. The Morgan fingerprint density at radius 1 is 1.20 bits per heavy atom. The predicted molar refractivity (Wildman–Crippen MR) is 57.8 cm³/mol. The third-order valence-corrected chi connectivity index (χ3v) is 4.10. The highest BCUT2D eigenvalue weighted by molar-refractivity contribution is 8.00. The molecule has 1 aromatic rings. The van der Waals surface area contributed by atoms with E-state index in [-0.39, 0.29) is 6.04 Å². The van der Waals surface area contributed by atoms with Gasteiger partial charge in [-0.1, -0.05) is 6.42 Å². The minimum atomic E-state index is -0.796. The van der Waals surface area contributed by atoms with E-state index >= 15 is 0 Å². The van der Waals surface area contributed by atoms with Crippen LogP contribution in [0.5, 0.6) is 0 Å². The Labute approximate surface area is 92.0 Å². The largest absolute Gasteiger partial charge is 0.327 e. The summed E-state index contributed by atoms with van der Waals surface area (Å²) in [7, 11) is 0. The number of nitrogens with two attached hydrogens (primary N) is 1. The summed E-state index contributed by atoms with van der Waals surface area (Å²) in [6.07, 6.45) is 3.22. The van der Waals surface area contributed by atoms with Crippen LogP contribution in [0.3, 0.4) is 0 Å². The Balaban J connectivity index is 2.07. The van der Waals surface area contributed by atoms with Crippen molar-refractivity contribution in [2.75, 3.05) is 0 Å². The van der Waals surface area contributed by atoms with E-state index in [1.807, 2.05) is 0 Å². The second-order valence-corrected chi connectivity index (χ2v) is 5.14. The van der Waals surface area contributed by atoms with Gasteiger partial charge in [0.15, 0.2) is 11.6 Å². The quantitative estimate of drug-likeness (QED) is 0.843. The molecule has 0 heterocycles. The van der Waals surface area contributed by atoms with Crippen LogP contribution in [0.15, 0.2) is 23.1 Å². The summed E-state index contributed by atoms with van der Waals surface area (Å²) in [5.74, 6) is -1.58. The summed E-state index contributed by atoms with van der Waals surface area (Å²) in [6, 6.07) is 4.19. The molecule has 2 rings (SSSR count). The van der Waals surface area contributed by atoms with Gasteiger partial charge in [0, 0.05) is 16.2 Å². The molecule has 0 spiro atoms. The molecule has 1 saturated carbocycles. The number of rotatable bonds is 2. The van der Waals surface area contributed by atoms with E-state index in [0.717, 1.165) is 30.2 Å². The molecule has 15 heavy (non-hydrogen) atoms. The highest BCUT2D eigenvalue weighted by Crippen LogP contribution is 2.34. The van der Waals surface area contributed by atoms with Crippen molar-refractivity contribution in [3.05, 3.63) is 29.8 Å². The van der Waals surface area contributed by atoms with Gasteiger partial charge in [0.25, 0.3) is 0 Å². The lowest BCUT2D eigenvalue weighted by atomic mass is 10.3. The van der Waals surface area contributed by atoms with Gasteiger partial charge in [-0.25, -0.2) is 8.78 Å². The first-order valence-electron chi connectivity index (χ1n) is 5.04. The molecule has 1 nitrogen and oxygen atoms in total. The van der Waals surface area contributed by atoms with E-state index in [1.165, 1.54) is 6.07 Å². The van der Waals surface area contributed by atoms with Crippen LogP contribution in [0.4, 0.5) is 8.78 Å². The van der Waals surface area contributed by atoms with Crippen LogP contribution in [0, 0.1) is 11.6 Å². The zero-order chi connectivity index (χ0) is 10.8. The molecule has 1 fully saturated rings. The fourth-order valence-electron chi connectivity index (χ4n) is 1.83. The SMILES string of the molecule is NC1CCCC1Sc1ccc(F)c(F)c1. The van der Waals surface area contributed by atoms with E-state index < -0.39 is 11.6 Å². The summed E-state index contributed by atoms with van der Waals surface area (Å²) in [6.45, 7) is 0. The van der Waals surface area contributed by atoms with E-state index in [1.54, 1.807) is 17.8 Å². The van der Waals surface area contributed by atoms with Crippen LogP contribution in [0.25, 0.3) is 0 Å². The van der Waals surface area contributed by atoms with Crippen molar-refractivity contribution in [1.29, 1.82) is 0 Å². The molecule has 1 aromatic carbocycles. The van der Waals surface area contributed by atoms with Gasteiger partial charge < -0.3 is 5.73 Å². The molecule has 0 aromatic heterocycles. The van der Waals surface area contributed by atoms with Crippen molar-refractivity contribution in [2.45, 2.75) is 35.4 Å². The van der Waals surface area contributed by atoms with Gasteiger partial charge in [0.2, 0.25) is 0 Å². The van der Waals surface area contributed by atoms with Crippen LogP contribution in [0.2, 0.25) is 0 Å². The van der Waals surface area contributed by atoms with Crippen molar-refractivity contribution in [3.8, 4) is 0 Å². The summed E-state index contributed by atoms with van der Waals surface area (Å²) in [5.41, 5.74) is 5.91. The second-order valence-electron chi connectivity index (χ2n) is 3.83. The van der Waals surface area contributed by atoms with E-state index in [0.29, 0.717) is 5.25 Å². The predicted octanol–water partition coefficient (Wildman–Crippen LogP) is 2.94. The number of benzene rings is 1. The molecular weight excluding hydrogens is 216 g/mol. The zero-order valence-electron chi connectivity index (χ0n) is 8.25. The monoisotopic (exact) mass is 229 g/mol. The fourth-order valence-corrected chi connectivity index (χ4v) is 3.09. The Morgan fingerprint density at radius 2 is 2.00 bits per heavy atom. The third kappa shape index (κ3) is 2.49. The molecule has 2 unspecified atom stereocenters. The van der Waals surface area contributed by atoms with E-state index in [2.05, 4.69) is 0 Å². The first-order valence-corrected chi connectivity index (χ1v) is 5.92. The number of halogens is 2. The van der Waals surface area contributed by atoms with Crippen molar-refractivity contribution in [2.24, 2.45) is 5.73 Å². The van der Waals surface area contributed by atoms with Gasteiger partial charge in [-0.3, -0.25) is 0 Å². The number of thioether (sulfide) groups is 1. The lowest BCUT2D eigenvalue weighted by molar-refractivity contribution is 0.506. The average molecular weight is 229 g/mol. The molecule has 1 aliphatic carbocycles. The highest BCUT2D eigenvalue weighted by atomic mass is 32.2. The van der Waals surface area contributed by atoms with Crippen molar-refractivity contribution in [1.82, 2.24) is 0 Å². The van der Waals surface area contributed by atoms with Crippen LogP contribution >= 0.6 is 11.8 Å². The first-order chi connectivity index (χ1) is 7.16. The zero-order valence-corrected chi connectivity index (χ0v) is 9.07. The Morgan fingerprint density at radius 3 is 2.60 bits per heavy atom. The molecule has 0 amide bonds. The molecule has 0 aliphatic heterocycles. The first kappa shape index (κ1) is 10.9. The number of hydrogen-bond donors (Lipinski definition) is 1. The third-order valence-electron chi connectivity index (χ3n) is 2.68. The van der Waals surface area contributed by atoms with Crippen LogP contribution < -0.4 is 5.73 Å². The Kier molecular flexibility index (Phi) is 3.26. The molecule has 1 aliphatic rings. The highest BCUT2D eigenvalue weighted by Gasteiger charge is 2.24. The molecule has 2 atom stereocenters. The van der Waals surface area contributed by atoms with Gasteiger partial charge in [-0.15, -0.1) is 11.8 Å². The van der Waals surface area contributed by atoms with Crippen LogP contribution in [-0.4, -0.2) is 11.3 Å². The van der Waals surface area contributed by atoms with Gasteiger partial charge in [0.1, 0.15) is 0 Å². The van der Waals surface area contributed by atoms with Crippen molar-refractivity contribution < 1.29 is 8.78 Å². The Bertz CT molecular complexity index is 356. The smallest absolute Gasteiger partial charge is 0.159 e. The molecule has 82 valence electrons. The minimum Gasteiger partial charge on any atom is -0.327 e. The minimum absolute atomic E-state index is 0.183. The average Bonchev–Trinajstić information content (AvgIpc) is 2.59. The van der Waals surface area contributed by atoms with Crippen LogP contribution in [0.1, 0.15) is 19.3 Å². The molecule has 0 radical (unpaired) electrons. The second kappa shape index (κ2) is 4.49. The molecule has 2 N–H and O–H groups in total. The van der Waals surface area contributed by atoms with Crippen molar-refractivity contribution >= 4 is 11.8 Å². The summed E-state index contributed by atoms with van der Waals surface area (Å²) in [4.78, 5) is 0.760. The standard InChI is InChI=1S/C11H13F2NS/c12-8-5-4-7(6-9(8)13)15-11-3-1-2-10(11)14/h4-6,10-11H,1-3,14H2. The lowest BCUT2D eigenvalue weighted by Crippen LogP contribution is -2.26. The maximum absolute atomic E-state index is 12.9. The summed E-state index contributed by atoms with van der Waals surface area (Å²) >= 11 is 1.55. The van der Waals surface area contributed by atoms with E-state index in [9.17, 15) is 8.78 Å². The van der Waals surface area contributed by atoms with Gasteiger partial charge in [-0.2, -0.15) is 0 Å².